The largest absolute Gasteiger partial charge is 0.450 e. The summed E-state index contributed by atoms with van der Waals surface area (Å²) in [6, 6.07) is 5.73. The third-order valence-electron chi connectivity index (χ3n) is 6.13. The van der Waals surface area contributed by atoms with Crippen molar-refractivity contribution in [3.05, 3.63) is 61.5 Å². The van der Waals surface area contributed by atoms with Crippen molar-refractivity contribution in [2.45, 2.75) is 58.6 Å². The van der Waals surface area contributed by atoms with Gasteiger partial charge in [-0.2, -0.15) is 0 Å². The van der Waals surface area contributed by atoms with Gasteiger partial charge in [0.25, 0.3) is 5.56 Å². The van der Waals surface area contributed by atoms with Gasteiger partial charge in [0.1, 0.15) is 15.5 Å². The maximum atomic E-state index is 12.8. The first-order valence-corrected chi connectivity index (χ1v) is 11.2. The SMILES string of the molecule is Cc1c(C(=O)OC(C)C(=O)c2ccc3c(c2)CCC3)sc2nc3n(c(=O)c12)CCC3. The molecule has 0 spiro atoms. The Kier molecular flexibility index (Phi) is 4.58. The van der Waals surface area contributed by atoms with Crippen LogP contribution in [-0.2, 0) is 30.5 Å². The number of rotatable bonds is 4. The maximum absolute atomic E-state index is 12.8. The fraction of sp³-hybridized carbons (Fsp3) is 0.391. The van der Waals surface area contributed by atoms with E-state index in [2.05, 4.69) is 4.98 Å². The van der Waals surface area contributed by atoms with Gasteiger partial charge in [0.15, 0.2) is 6.10 Å². The standard InChI is InChI=1S/C23H22N2O4S/c1-12-18-21(24-17-7-4-10-25(17)22(18)27)30-20(12)23(28)29-13(2)19(26)16-9-8-14-5-3-6-15(14)11-16/h8-9,11,13H,3-7,10H2,1-2H3. The van der Waals surface area contributed by atoms with Gasteiger partial charge in [0, 0.05) is 18.5 Å². The van der Waals surface area contributed by atoms with Crippen LogP contribution >= 0.6 is 11.3 Å². The van der Waals surface area contributed by atoms with Crippen LogP contribution in [0.25, 0.3) is 10.2 Å². The van der Waals surface area contributed by atoms with Crippen LogP contribution in [0.1, 0.15) is 62.3 Å². The highest BCUT2D eigenvalue weighted by atomic mass is 32.1. The number of aryl methyl sites for hydroxylation is 4. The summed E-state index contributed by atoms with van der Waals surface area (Å²) >= 11 is 1.17. The first kappa shape index (κ1) is 19.2. The number of carbonyl (C=O) groups is 2. The van der Waals surface area contributed by atoms with E-state index in [0.29, 0.717) is 32.8 Å². The van der Waals surface area contributed by atoms with E-state index in [1.807, 2.05) is 18.2 Å². The Morgan fingerprint density at radius 2 is 1.97 bits per heavy atom. The lowest BCUT2D eigenvalue weighted by Gasteiger charge is -2.13. The molecular formula is C23H22N2O4S. The average Bonchev–Trinajstić information content (AvgIpc) is 3.45. The summed E-state index contributed by atoms with van der Waals surface area (Å²) in [5.41, 5.74) is 3.56. The Labute approximate surface area is 177 Å². The van der Waals surface area contributed by atoms with Crippen LogP contribution in [0, 0.1) is 6.92 Å². The molecule has 7 heteroatoms. The molecule has 30 heavy (non-hydrogen) atoms. The van der Waals surface area contributed by atoms with E-state index in [0.717, 1.165) is 37.9 Å². The molecule has 0 saturated heterocycles. The summed E-state index contributed by atoms with van der Waals surface area (Å²) in [7, 11) is 0. The molecule has 1 unspecified atom stereocenters. The number of aromatic nitrogens is 2. The molecule has 0 radical (unpaired) electrons. The predicted octanol–water partition coefficient (Wildman–Crippen LogP) is 3.63. The van der Waals surface area contributed by atoms with Crippen molar-refractivity contribution in [3.63, 3.8) is 0 Å². The van der Waals surface area contributed by atoms with E-state index in [1.54, 1.807) is 18.4 Å². The molecule has 1 aliphatic carbocycles. The lowest BCUT2D eigenvalue weighted by Crippen LogP contribution is -2.24. The molecule has 0 amide bonds. The second-order valence-electron chi connectivity index (χ2n) is 8.07. The minimum Gasteiger partial charge on any atom is -0.450 e. The normalized spacial score (nSPS) is 15.8. The van der Waals surface area contributed by atoms with Crippen LogP contribution in [-0.4, -0.2) is 27.4 Å². The number of hydrogen-bond donors (Lipinski definition) is 0. The van der Waals surface area contributed by atoms with Crippen molar-refractivity contribution in [3.8, 4) is 0 Å². The van der Waals surface area contributed by atoms with Gasteiger partial charge >= 0.3 is 5.97 Å². The molecule has 1 atom stereocenters. The molecule has 0 saturated carbocycles. The topological polar surface area (TPSA) is 78.3 Å². The third kappa shape index (κ3) is 2.99. The van der Waals surface area contributed by atoms with Crippen LogP contribution < -0.4 is 5.56 Å². The molecule has 2 aliphatic rings. The zero-order chi connectivity index (χ0) is 21.0. The van der Waals surface area contributed by atoms with E-state index in [4.69, 9.17) is 4.74 Å². The molecule has 0 fully saturated rings. The van der Waals surface area contributed by atoms with E-state index in [-0.39, 0.29) is 11.3 Å². The number of Topliss-reactive ketones (excluding diaryl/α,β-unsaturated/α-hetero) is 1. The lowest BCUT2D eigenvalue weighted by atomic mass is 10.0. The van der Waals surface area contributed by atoms with E-state index in [1.165, 1.54) is 22.5 Å². The van der Waals surface area contributed by atoms with Crippen molar-refractivity contribution in [2.24, 2.45) is 0 Å². The van der Waals surface area contributed by atoms with Gasteiger partial charge in [0.05, 0.1) is 5.39 Å². The van der Waals surface area contributed by atoms with E-state index < -0.39 is 12.1 Å². The van der Waals surface area contributed by atoms with Crippen LogP contribution in [0.3, 0.4) is 0 Å². The molecule has 3 heterocycles. The molecule has 0 N–H and O–H groups in total. The summed E-state index contributed by atoms with van der Waals surface area (Å²) in [5.74, 6) is -0.0233. The van der Waals surface area contributed by atoms with E-state index >= 15 is 0 Å². The van der Waals surface area contributed by atoms with Crippen molar-refractivity contribution in [2.75, 3.05) is 0 Å². The summed E-state index contributed by atoms with van der Waals surface area (Å²) in [5, 5.41) is 0.482. The monoisotopic (exact) mass is 422 g/mol. The number of benzene rings is 1. The second-order valence-corrected chi connectivity index (χ2v) is 9.07. The quantitative estimate of drug-likeness (QED) is 0.474. The second kappa shape index (κ2) is 7.16. The first-order chi connectivity index (χ1) is 14.4. The van der Waals surface area contributed by atoms with Gasteiger partial charge < -0.3 is 4.74 Å². The van der Waals surface area contributed by atoms with Gasteiger partial charge in [-0.05, 0) is 62.3 Å². The van der Waals surface area contributed by atoms with Crippen molar-refractivity contribution in [1.29, 1.82) is 0 Å². The van der Waals surface area contributed by atoms with Gasteiger partial charge in [-0.1, -0.05) is 12.1 Å². The Morgan fingerprint density at radius 1 is 1.17 bits per heavy atom. The number of esters is 1. The zero-order valence-corrected chi connectivity index (χ0v) is 17.8. The summed E-state index contributed by atoms with van der Waals surface area (Å²) in [6.45, 7) is 4.00. The highest BCUT2D eigenvalue weighted by molar-refractivity contribution is 7.20. The fourth-order valence-electron chi connectivity index (χ4n) is 4.50. The van der Waals surface area contributed by atoms with Crippen molar-refractivity contribution in [1.82, 2.24) is 9.55 Å². The highest BCUT2D eigenvalue weighted by Crippen LogP contribution is 2.30. The van der Waals surface area contributed by atoms with Gasteiger partial charge in [-0.15, -0.1) is 11.3 Å². The highest BCUT2D eigenvalue weighted by Gasteiger charge is 2.27. The number of ether oxygens (including phenoxy) is 1. The average molecular weight is 423 g/mol. The van der Waals surface area contributed by atoms with Crippen LogP contribution in [0.5, 0.6) is 0 Å². The third-order valence-corrected chi connectivity index (χ3v) is 7.30. The predicted molar refractivity (Wildman–Crippen MR) is 115 cm³/mol. The smallest absolute Gasteiger partial charge is 0.349 e. The van der Waals surface area contributed by atoms with Gasteiger partial charge in [-0.25, -0.2) is 9.78 Å². The van der Waals surface area contributed by atoms with Crippen LogP contribution in [0.15, 0.2) is 23.0 Å². The number of thiophene rings is 1. The first-order valence-electron chi connectivity index (χ1n) is 10.3. The van der Waals surface area contributed by atoms with Crippen molar-refractivity contribution < 1.29 is 14.3 Å². The summed E-state index contributed by atoms with van der Waals surface area (Å²) < 4.78 is 7.20. The summed E-state index contributed by atoms with van der Waals surface area (Å²) in [4.78, 5) is 43.9. The molecular weight excluding hydrogens is 400 g/mol. The summed E-state index contributed by atoms with van der Waals surface area (Å²) in [6.07, 6.45) is 3.93. The molecule has 6 nitrogen and oxygen atoms in total. The molecule has 5 rings (SSSR count). The number of ketones is 1. The molecule has 3 aromatic rings. The molecule has 1 aromatic carbocycles. The van der Waals surface area contributed by atoms with Gasteiger partial charge in [0.2, 0.25) is 5.78 Å². The minimum atomic E-state index is -0.902. The van der Waals surface area contributed by atoms with Gasteiger partial charge in [-0.3, -0.25) is 14.2 Å². The van der Waals surface area contributed by atoms with Crippen LogP contribution in [0.4, 0.5) is 0 Å². The Bertz CT molecular complexity index is 1270. The Balaban J connectivity index is 1.40. The molecule has 2 aromatic heterocycles. The maximum Gasteiger partial charge on any atom is 0.349 e. The number of nitrogens with zero attached hydrogens (tertiary/aromatic N) is 2. The molecule has 1 aliphatic heterocycles. The molecule has 154 valence electrons. The Morgan fingerprint density at radius 3 is 2.80 bits per heavy atom. The minimum absolute atomic E-state index is 0.0948. The zero-order valence-electron chi connectivity index (χ0n) is 17.0. The van der Waals surface area contributed by atoms with Crippen LogP contribution in [0.2, 0.25) is 0 Å². The van der Waals surface area contributed by atoms with E-state index in [9.17, 15) is 14.4 Å². The molecule has 0 bridgehead atoms. The lowest BCUT2D eigenvalue weighted by molar-refractivity contribution is 0.0323. The number of hydrogen-bond acceptors (Lipinski definition) is 6. The fourth-order valence-corrected chi connectivity index (χ4v) is 5.57. The number of fused-ring (bicyclic) bond motifs is 3. The Hall–Kier alpha value is -2.80. The number of carbonyl (C=O) groups excluding carboxylic acids is 2. The van der Waals surface area contributed by atoms with Crippen molar-refractivity contribution >= 4 is 33.3 Å².